The van der Waals surface area contributed by atoms with E-state index in [9.17, 15) is 21.6 Å². The van der Waals surface area contributed by atoms with Crippen molar-refractivity contribution in [1.82, 2.24) is 9.62 Å². The maximum absolute atomic E-state index is 12.8. The molecule has 1 aliphatic rings. The summed E-state index contributed by atoms with van der Waals surface area (Å²) in [5.41, 5.74) is 0.899. The summed E-state index contributed by atoms with van der Waals surface area (Å²) in [6.45, 7) is 1.99. The van der Waals surface area contributed by atoms with E-state index in [4.69, 9.17) is 0 Å². The van der Waals surface area contributed by atoms with E-state index in [1.54, 1.807) is 12.1 Å². The molecule has 1 atom stereocenters. The summed E-state index contributed by atoms with van der Waals surface area (Å²) < 4.78 is 50.8. The SMILES string of the molecule is Cc1ccc(S(=O)(=O)NC(=O)N(Cc2cccs2)C2CCS(=O)(=O)C2)cc1. The van der Waals surface area contributed by atoms with Gasteiger partial charge in [-0.2, -0.15) is 0 Å². The van der Waals surface area contributed by atoms with Crippen molar-refractivity contribution in [3.63, 3.8) is 0 Å². The highest BCUT2D eigenvalue weighted by Crippen LogP contribution is 2.22. The van der Waals surface area contributed by atoms with Crippen molar-refractivity contribution in [2.24, 2.45) is 0 Å². The molecule has 0 spiro atoms. The van der Waals surface area contributed by atoms with Gasteiger partial charge in [-0.25, -0.2) is 26.4 Å². The van der Waals surface area contributed by atoms with Gasteiger partial charge >= 0.3 is 6.03 Å². The minimum absolute atomic E-state index is 0.00337. The smallest absolute Gasteiger partial charge is 0.315 e. The molecule has 27 heavy (non-hydrogen) atoms. The van der Waals surface area contributed by atoms with E-state index in [1.165, 1.54) is 28.4 Å². The molecule has 1 unspecified atom stereocenters. The van der Waals surface area contributed by atoms with Crippen LogP contribution in [-0.4, -0.2) is 45.3 Å². The Morgan fingerprint density at radius 2 is 1.96 bits per heavy atom. The van der Waals surface area contributed by atoms with E-state index in [-0.39, 0.29) is 22.9 Å². The Labute approximate surface area is 163 Å². The molecule has 1 N–H and O–H groups in total. The van der Waals surface area contributed by atoms with Crippen LogP contribution in [0, 0.1) is 6.92 Å². The Kier molecular flexibility index (Phi) is 5.59. The number of carbonyl (C=O) groups is 1. The number of hydrogen-bond acceptors (Lipinski definition) is 6. The molecule has 3 rings (SSSR count). The topological polar surface area (TPSA) is 101 Å². The average molecular weight is 429 g/mol. The highest BCUT2D eigenvalue weighted by Gasteiger charge is 2.36. The Morgan fingerprint density at radius 1 is 1.26 bits per heavy atom. The van der Waals surface area contributed by atoms with E-state index >= 15 is 0 Å². The fraction of sp³-hybridized carbons (Fsp3) is 0.353. The molecule has 7 nitrogen and oxygen atoms in total. The zero-order valence-electron chi connectivity index (χ0n) is 14.7. The molecule has 1 aromatic carbocycles. The molecule has 2 aromatic rings. The number of sulfonamides is 1. The lowest BCUT2D eigenvalue weighted by Crippen LogP contribution is -2.47. The minimum atomic E-state index is -4.05. The third kappa shape index (κ3) is 4.88. The normalized spacial score (nSPS) is 18.9. The lowest BCUT2D eigenvalue weighted by atomic mass is 10.2. The van der Waals surface area contributed by atoms with E-state index in [2.05, 4.69) is 4.72 Å². The van der Waals surface area contributed by atoms with Crippen LogP contribution in [-0.2, 0) is 26.4 Å². The molecule has 2 heterocycles. The first kappa shape index (κ1) is 19.8. The largest absolute Gasteiger partial charge is 0.331 e. The van der Waals surface area contributed by atoms with Crippen LogP contribution in [0.3, 0.4) is 0 Å². The highest BCUT2D eigenvalue weighted by molar-refractivity contribution is 7.91. The van der Waals surface area contributed by atoms with Crippen LogP contribution in [0.5, 0.6) is 0 Å². The molecule has 0 bridgehead atoms. The summed E-state index contributed by atoms with van der Waals surface area (Å²) >= 11 is 1.42. The van der Waals surface area contributed by atoms with Crippen molar-refractivity contribution in [2.75, 3.05) is 11.5 Å². The Balaban J connectivity index is 1.83. The molecule has 0 aliphatic carbocycles. The summed E-state index contributed by atoms with van der Waals surface area (Å²) in [5, 5.41) is 1.85. The van der Waals surface area contributed by atoms with Crippen LogP contribution in [0.4, 0.5) is 4.79 Å². The lowest BCUT2D eigenvalue weighted by molar-refractivity contribution is 0.183. The second-order valence-corrected chi connectivity index (χ2v) is 11.4. The van der Waals surface area contributed by atoms with Crippen molar-refractivity contribution >= 4 is 37.2 Å². The molecule has 0 saturated carbocycles. The average Bonchev–Trinajstić information content (AvgIpc) is 3.21. The third-order valence-electron chi connectivity index (χ3n) is 4.37. The maximum atomic E-state index is 12.8. The number of nitrogens with zero attached hydrogens (tertiary/aromatic N) is 1. The number of aryl methyl sites for hydroxylation is 1. The second-order valence-electron chi connectivity index (χ2n) is 6.49. The molecular formula is C17H20N2O5S3. The minimum Gasteiger partial charge on any atom is -0.315 e. The van der Waals surface area contributed by atoms with Crippen molar-refractivity contribution in [2.45, 2.75) is 30.8 Å². The van der Waals surface area contributed by atoms with Gasteiger partial charge in [-0.15, -0.1) is 11.3 Å². The molecule has 1 aromatic heterocycles. The molecule has 1 fully saturated rings. The molecule has 1 aliphatic heterocycles. The number of hydrogen-bond donors (Lipinski definition) is 1. The quantitative estimate of drug-likeness (QED) is 0.786. The van der Waals surface area contributed by atoms with Crippen molar-refractivity contribution in [3.05, 3.63) is 52.2 Å². The number of amides is 2. The predicted octanol–water partition coefficient (Wildman–Crippen LogP) is 2.14. The summed E-state index contributed by atoms with van der Waals surface area (Å²) in [5.74, 6) is -0.160. The van der Waals surface area contributed by atoms with E-state index in [0.717, 1.165) is 10.4 Å². The van der Waals surface area contributed by atoms with Gasteiger partial charge in [0.1, 0.15) is 0 Å². The van der Waals surface area contributed by atoms with E-state index < -0.39 is 31.9 Å². The lowest BCUT2D eigenvalue weighted by Gasteiger charge is -2.27. The number of rotatable bonds is 5. The number of sulfone groups is 1. The van der Waals surface area contributed by atoms with Gasteiger partial charge in [0, 0.05) is 10.9 Å². The van der Waals surface area contributed by atoms with Gasteiger partial charge in [0.05, 0.1) is 22.9 Å². The second kappa shape index (κ2) is 7.61. The molecule has 2 amide bonds. The van der Waals surface area contributed by atoms with Gasteiger partial charge in [0.2, 0.25) is 0 Å². The molecule has 146 valence electrons. The van der Waals surface area contributed by atoms with Crippen molar-refractivity contribution < 1.29 is 21.6 Å². The summed E-state index contributed by atoms with van der Waals surface area (Å²) in [4.78, 5) is 14.9. The number of urea groups is 1. The first-order valence-corrected chi connectivity index (χ1v) is 12.5. The number of thiophene rings is 1. The van der Waals surface area contributed by atoms with Gasteiger partial charge in [0.25, 0.3) is 10.0 Å². The number of benzene rings is 1. The first-order chi connectivity index (χ1) is 12.7. The predicted molar refractivity (Wildman–Crippen MR) is 104 cm³/mol. The van der Waals surface area contributed by atoms with Crippen molar-refractivity contribution in [3.8, 4) is 0 Å². The van der Waals surface area contributed by atoms with Crippen LogP contribution in [0.25, 0.3) is 0 Å². The Morgan fingerprint density at radius 3 is 2.52 bits per heavy atom. The molecule has 1 saturated heterocycles. The zero-order chi connectivity index (χ0) is 19.7. The van der Waals surface area contributed by atoms with Crippen LogP contribution < -0.4 is 4.72 Å². The molecule has 10 heteroatoms. The standard InChI is InChI=1S/C17H20N2O5S3/c1-13-4-6-16(7-5-13)27(23,24)18-17(20)19(11-15-3-2-9-25-15)14-8-10-26(21,22)12-14/h2-7,9,14H,8,10-12H2,1H3,(H,18,20). The van der Waals surface area contributed by atoms with Crippen molar-refractivity contribution in [1.29, 1.82) is 0 Å². The summed E-state index contributed by atoms with van der Waals surface area (Å²) in [6, 6.07) is 8.42. The zero-order valence-corrected chi connectivity index (χ0v) is 17.1. The van der Waals surface area contributed by atoms with Gasteiger partial charge < -0.3 is 4.90 Å². The fourth-order valence-electron chi connectivity index (χ4n) is 2.91. The number of nitrogens with one attached hydrogen (secondary N) is 1. The van der Waals surface area contributed by atoms with E-state index in [0.29, 0.717) is 6.42 Å². The summed E-state index contributed by atoms with van der Waals surface area (Å²) in [6.07, 6.45) is 0.297. The Bertz CT molecular complexity index is 1010. The van der Waals surface area contributed by atoms with Crippen LogP contribution in [0.1, 0.15) is 16.9 Å². The van der Waals surface area contributed by atoms with Gasteiger partial charge in [-0.05, 0) is 36.9 Å². The van der Waals surface area contributed by atoms with E-state index in [1.807, 2.05) is 24.4 Å². The first-order valence-electron chi connectivity index (χ1n) is 8.29. The van der Waals surface area contributed by atoms with Gasteiger partial charge in [-0.1, -0.05) is 23.8 Å². The molecule has 0 radical (unpaired) electrons. The fourth-order valence-corrected chi connectivity index (χ4v) is 6.30. The number of carbonyl (C=O) groups excluding carboxylic acids is 1. The molecular weight excluding hydrogens is 408 g/mol. The monoisotopic (exact) mass is 428 g/mol. The Hall–Kier alpha value is -1.91. The summed E-state index contributed by atoms with van der Waals surface area (Å²) in [7, 11) is -7.27. The van der Waals surface area contributed by atoms with Crippen LogP contribution in [0.2, 0.25) is 0 Å². The van der Waals surface area contributed by atoms with Gasteiger partial charge in [-0.3, -0.25) is 0 Å². The highest BCUT2D eigenvalue weighted by atomic mass is 32.2. The maximum Gasteiger partial charge on any atom is 0.331 e. The van der Waals surface area contributed by atoms with Crippen LogP contribution >= 0.6 is 11.3 Å². The van der Waals surface area contributed by atoms with Gasteiger partial charge in [0.15, 0.2) is 9.84 Å². The van der Waals surface area contributed by atoms with Crippen LogP contribution in [0.15, 0.2) is 46.7 Å². The third-order valence-corrected chi connectivity index (χ3v) is 8.32.